The number of hydrogen-bond acceptors (Lipinski definition) is 4. The van der Waals surface area contributed by atoms with Gasteiger partial charge in [-0.2, -0.15) is 0 Å². The molecule has 1 saturated heterocycles. The van der Waals surface area contributed by atoms with Crippen LogP contribution in [0.2, 0.25) is 0 Å². The molecule has 6 nitrogen and oxygen atoms in total. The highest BCUT2D eigenvalue weighted by Crippen LogP contribution is 2.31. The molecule has 2 rings (SSSR count). The number of amides is 1. The molecule has 1 aliphatic heterocycles. The maximum atomic E-state index is 12.2. The van der Waals surface area contributed by atoms with Crippen molar-refractivity contribution >= 4 is 12.1 Å². The highest BCUT2D eigenvalue weighted by atomic mass is 16.6. The van der Waals surface area contributed by atoms with E-state index in [2.05, 4.69) is 17.1 Å². The number of likely N-dealkylation sites (tertiary alicyclic amines) is 1. The second kappa shape index (κ2) is 7.44. The van der Waals surface area contributed by atoms with Gasteiger partial charge in [0.15, 0.2) is 0 Å². The summed E-state index contributed by atoms with van der Waals surface area (Å²) < 4.78 is 5.33. The fraction of sp³-hybridized carbons (Fsp3) is 0.579. The summed E-state index contributed by atoms with van der Waals surface area (Å²) in [7, 11) is 0. The number of benzene rings is 1. The Morgan fingerprint density at radius 3 is 2.52 bits per heavy atom. The SMILES string of the molecule is CC1CC(CC(=O)O)(NC(=O)OC(C)(C)C)CN1Cc1ccccc1. The predicted octanol–water partition coefficient (Wildman–Crippen LogP) is 3.02. The third-order valence-electron chi connectivity index (χ3n) is 4.30. The lowest BCUT2D eigenvalue weighted by Crippen LogP contribution is -2.53. The van der Waals surface area contributed by atoms with Gasteiger partial charge < -0.3 is 15.2 Å². The minimum absolute atomic E-state index is 0.123. The number of alkyl carbamates (subject to hydrolysis) is 1. The van der Waals surface area contributed by atoms with Crippen molar-refractivity contribution in [2.75, 3.05) is 6.54 Å². The molecule has 0 aliphatic carbocycles. The molecule has 1 fully saturated rings. The lowest BCUT2D eigenvalue weighted by molar-refractivity contribution is -0.138. The topological polar surface area (TPSA) is 78.9 Å². The summed E-state index contributed by atoms with van der Waals surface area (Å²) in [5.41, 5.74) is -0.275. The predicted molar refractivity (Wildman–Crippen MR) is 95.3 cm³/mol. The largest absolute Gasteiger partial charge is 0.481 e. The Labute approximate surface area is 149 Å². The fourth-order valence-electron chi connectivity index (χ4n) is 3.41. The van der Waals surface area contributed by atoms with E-state index in [1.54, 1.807) is 20.8 Å². The average molecular weight is 348 g/mol. The number of rotatable bonds is 5. The zero-order valence-electron chi connectivity index (χ0n) is 15.4. The molecule has 1 aromatic carbocycles. The summed E-state index contributed by atoms with van der Waals surface area (Å²) in [6.45, 7) is 8.62. The number of ether oxygens (including phenoxy) is 1. The van der Waals surface area contributed by atoms with Crippen LogP contribution in [-0.4, -0.2) is 45.8 Å². The van der Waals surface area contributed by atoms with Crippen molar-refractivity contribution in [3.05, 3.63) is 35.9 Å². The van der Waals surface area contributed by atoms with E-state index in [9.17, 15) is 14.7 Å². The molecule has 2 N–H and O–H groups in total. The van der Waals surface area contributed by atoms with Gasteiger partial charge in [-0.3, -0.25) is 9.69 Å². The molecule has 6 heteroatoms. The second-order valence-corrected chi connectivity index (χ2v) is 7.92. The normalized spacial score (nSPS) is 24.1. The van der Waals surface area contributed by atoms with Crippen molar-refractivity contribution in [1.29, 1.82) is 0 Å². The maximum absolute atomic E-state index is 12.2. The van der Waals surface area contributed by atoms with Crippen LogP contribution in [0, 0.1) is 0 Å². The highest BCUT2D eigenvalue weighted by Gasteiger charge is 2.45. The van der Waals surface area contributed by atoms with Crippen molar-refractivity contribution in [2.45, 2.75) is 64.3 Å². The van der Waals surface area contributed by atoms with Crippen molar-refractivity contribution < 1.29 is 19.4 Å². The summed E-state index contributed by atoms with van der Waals surface area (Å²) >= 11 is 0. The zero-order valence-corrected chi connectivity index (χ0v) is 15.4. The number of nitrogens with zero attached hydrogens (tertiary/aromatic N) is 1. The first kappa shape index (κ1) is 19.2. The van der Waals surface area contributed by atoms with Crippen molar-refractivity contribution in [3.8, 4) is 0 Å². The Balaban J connectivity index is 2.12. The van der Waals surface area contributed by atoms with Gasteiger partial charge in [0.1, 0.15) is 5.60 Å². The van der Waals surface area contributed by atoms with Crippen molar-refractivity contribution in [1.82, 2.24) is 10.2 Å². The van der Waals surface area contributed by atoms with Gasteiger partial charge in [-0.1, -0.05) is 30.3 Å². The van der Waals surface area contributed by atoms with Crippen LogP contribution in [0.15, 0.2) is 30.3 Å². The monoisotopic (exact) mass is 348 g/mol. The van der Waals surface area contributed by atoms with Gasteiger partial charge in [0.25, 0.3) is 0 Å². The standard InChI is InChI=1S/C19H28N2O4/c1-14-10-19(11-16(22)23,20-17(24)25-18(2,3)4)13-21(14)12-15-8-6-5-7-9-15/h5-9,14H,10-13H2,1-4H3,(H,20,24)(H,22,23). The Hall–Kier alpha value is -2.08. The minimum Gasteiger partial charge on any atom is -0.481 e. The Kier molecular flexibility index (Phi) is 5.72. The van der Waals surface area contributed by atoms with Gasteiger partial charge in [0, 0.05) is 19.1 Å². The summed E-state index contributed by atoms with van der Waals surface area (Å²) in [5.74, 6) is -0.926. The molecule has 138 valence electrons. The van der Waals surface area contributed by atoms with Gasteiger partial charge in [0.05, 0.1) is 12.0 Å². The maximum Gasteiger partial charge on any atom is 0.408 e. The number of carbonyl (C=O) groups excluding carboxylic acids is 1. The number of hydrogen-bond donors (Lipinski definition) is 2. The summed E-state index contributed by atoms with van der Waals surface area (Å²) in [6, 6.07) is 10.2. The minimum atomic E-state index is -0.926. The van der Waals surface area contributed by atoms with E-state index in [0.717, 1.165) is 12.1 Å². The van der Waals surface area contributed by atoms with Crippen LogP contribution >= 0.6 is 0 Å². The molecule has 0 radical (unpaired) electrons. The number of carboxylic acid groups (broad SMARTS) is 1. The lowest BCUT2D eigenvalue weighted by Gasteiger charge is -2.30. The molecule has 1 aromatic rings. The Morgan fingerprint density at radius 2 is 1.96 bits per heavy atom. The first-order valence-electron chi connectivity index (χ1n) is 8.59. The first-order chi connectivity index (χ1) is 11.6. The molecule has 1 aliphatic rings. The van der Waals surface area contributed by atoms with Crippen LogP contribution in [0.5, 0.6) is 0 Å². The van der Waals surface area contributed by atoms with E-state index >= 15 is 0 Å². The molecule has 0 spiro atoms. The van der Waals surface area contributed by atoms with E-state index < -0.39 is 23.2 Å². The molecule has 2 atom stereocenters. The van der Waals surface area contributed by atoms with E-state index in [1.807, 2.05) is 30.3 Å². The molecule has 1 heterocycles. The third kappa shape index (κ3) is 5.74. The van der Waals surface area contributed by atoms with E-state index in [0.29, 0.717) is 13.0 Å². The molecule has 25 heavy (non-hydrogen) atoms. The average Bonchev–Trinajstić information content (AvgIpc) is 2.72. The molecule has 0 saturated carbocycles. The number of nitrogens with one attached hydrogen (secondary N) is 1. The molecular formula is C19H28N2O4. The third-order valence-corrected chi connectivity index (χ3v) is 4.30. The summed E-state index contributed by atoms with van der Waals surface area (Å²) in [4.78, 5) is 25.8. The van der Waals surface area contributed by atoms with Gasteiger partial charge in [0.2, 0.25) is 0 Å². The van der Waals surface area contributed by atoms with Crippen LogP contribution < -0.4 is 5.32 Å². The second-order valence-electron chi connectivity index (χ2n) is 7.92. The molecule has 0 aromatic heterocycles. The van der Waals surface area contributed by atoms with Crippen LogP contribution in [0.3, 0.4) is 0 Å². The highest BCUT2D eigenvalue weighted by molar-refractivity contribution is 5.73. The number of carbonyl (C=O) groups is 2. The van der Waals surface area contributed by atoms with Gasteiger partial charge in [-0.05, 0) is 39.7 Å². The van der Waals surface area contributed by atoms with Crippen molar-refractivity contribution in [2.24, 2.45) is 0 Å². The number of aliphatic carboxylic acids is 1. The fourth-order valence-corrected chi connectivity index (χ4v) is 3.41. The quantitative estimate of drug-likeness (QED) is 0.855. The summed E-state index contributed by atoms with van der Waals surface area (Å²) in [6.07, 6.45) is -0.115. The first-order valence-corrected chi connectivity index (χ1v) is 8.59. The van der Waals surface area contributed by atoms with E-state index in [1.165, 1.54) is 0 Å². The molecule has 0 bridgehead atoms. The van der Waals surface area contributed by atoms with E-state index in [4.69, 9.17) is 4.74 Å². The van der Waals surface area contributed by atoms with Crippen LogP contribution in [0.1, 0.15) is 46.1 Å². The van der Waals surface area contributed by atoms with Crippen LogP contribution in [-0.2, 0) is 16.1 Å². The number of carboxylic acids is 1. The zero-order chi connectivity index (χ0) is 18.7. The van der Waals surface area contributed by atoms with Gasteiger partial charge >= 0.3 is 12.1 Å². The van der Waals surface area contributed by atoms with E-state index in [-0.39, 0.29) is 12.5 Å². The molecule has 2 unspecified atom stereocenters. The Bertz CT molecular complexity index is 612. The van der Waals surface area contributed by atoms with Gasteiger partial charge in [-0.25, -0.2) is 4.79 Å². The molecular weight excluding hydrogens is 320 g/mol. The summed E-state index contributed by atoms with van der Waals surface area (Å²) in [5, 5.41) is 12.2. The lowest BCUT2D eigenvalue weighted by atomic mass is 9.92. The van der Waals surface area contributed by atoms with Gasteiger partial charge in [-0.15, -0.1) is 0 Å². The van der Waals surface area contributed by atoms with Crippen LogP contribution in [0.4, 0.5) is 4.79 Å². The smallest absolute Gasteiger partial charge is 0.408 e. The Morgan fingerprint density at radius 1 is 1.32 bits per heavy atom. The molecule has 1 amide bonds. The van der Waals surface area contributed by atoms with Crippen LogP contribution in [0.25, 0.3) is 0 Å². The van der Waals surface area contributed by atoms with Crippen molar-refractivity contribution in [3.63, 3.8) is 0 Å².